The van der Waals surface area contributed by atoms with E-state index in [1.54, 1.807) is 0 Å². The third-order valence-electron chi connectivity index (χ3n) is 3.16. The van der Waals surface area contributed by atoms with E-state index >= 15 is 0 Å². The number of carbonyl (C=O) groups is 1. The van der Waals surface area contributed by atoms with Crippen LogP contribution >= 0.6 is 0 Å². The van der Waals surface area contributed by atoms with Crippen molar-refractivity contribution in [3.05, 3.63) is 47.0 Å². The lowest BCUT2D eigenvalue weighted by Crippen LogP contribution is -2.30. The average molecular weight is 291 g/mol. The quantitative estimate of drug-likeness (QED) is 0.854. The summed E-state index contributed by atoms with van der Waals surface area (Å²) in [6.45, 7) is 4.31. The number of nitrogens with zero attached hydrogens (tertiary/aromatic N) is 1. The average Bonchev–Trinajstić information content (AvgIpc) is 2.78. The molecule has 0 atom stereocenters. The third-order valence-corrected chi connectivity index (χ3v) is 3.16. The molecule has 0 fully saturated rings. The maximum Gasteiger partial charge on any atom is 0.257 e. The molecule has 0 spiro atoms. The van der Waals surface area contributed by atoms with Gasteiger partial charge in [0.05, 0.1) is 5.69 Å². The van der Waals surface area contributed by atoms with Crippen LogP contribution in [0.25, 0.3) is 0 Å². The normalized spacial score (nSPS) is 10.4. The van der Waals surface area contributed by atoms with Crippen molar-refractivity contribution in [3.8, 4) is 5.75 Å². The number of aromatic amines is 1. The Morgan fingerprint density at radius 1 is 1.33 bits per heavy atom. The van der Waals surface area contributed by atoms with Gasteiger partial charge in [-0.25, -0.2) is 4.39 Å². The van der Waals surface area contributed by atoms with Gasteiger partial charge in [0.2, 0.25) is 0 Å². The zero-order valence-electron chi connectivity index (χ0n) is 12.1. The molecule has 2 rings (SSSR count). The van der Waals surface area contributed by atoms with E-state index < -0.39 is 0 Å². The Morgan fingerprint density at radius 3 is 2.67 bits per heavy atom. The summed E-state index contributed by atoms with van der Waals surface area (Å²) in [5.74, 6) is -0.0798. The molecule has 0 aliphatic carbocycles. The van der Waals surface area contributed by atoms with Crippen molar-refractivity contribution in [1.82, 2.24) is 15.5 Å². The van der Waals surface area contributed by atoms with Crippen LogP contribution in [0.3, 0.4) is 0 Å². The van der Waals surface area contributed by atoms with Crippen molar-refractivity contribution in [3.63, 3.8) is 0 Å². The predicted molar refractivity (Wildman–Crippen MR) is 76.7 cm³/mol. The molecule has 0 saturated carbocycles. The van der Waals surface area contributed by atoms with Crippen LogP contribution in [0, 0.1) is 19.7 Å². The molecule has 1 aromatic carbocycles. The van der Waals surface area contributed by atoms with Crippen molar-refractivity contribution in [1.29, 1.82) is 0 Å². The van der Waals surface area contributed by atoms with Gasteiger partial charge in [0.15, 0.2) is 6.61 Å². The van der Waals surface area contributed by atoms with Gasteiger partial charge in [-0.15, -0.1) is 0 Å². The van der Waals surface area contributed by atoms with Crippen LogP contribution in [0.5, 0.6) is 5.75 Å². The van der Waals surface area contributed by atoms with E-state index in [9.17, 15) is 9.18 Å². The number of carbonyl (C=O) groups excluding carboxylic acids is 1. The van der Waals surface area contributed by atoms with Gasteiger partial charge >= 0.3 is 0 Å². The van der Waals surface area contributed by atoms with E-state index in [0.29, 0.717) is 12.3 Å². The Labute approximate surface area is 122 Å². The molecule has 2 aromatic rings. The third kappa shape index (κ3) is 4.30. The summed E-state index contributed by atoms with van der Waals surface area (Å²) < 4.78 is 18.0. The maximum absolute atomic E-state index is 12.7. The van der Waals surface area contributed by atoms with Gasteiger partial charge < -0.3 is 10.1 Å². The van der Waals surface area contributed by atoms with E-state index in [1.807, 2.05) is 13.8 Å². The van der Waals surface area contributed by atoms with Crippen molar-refractivity contribution in [2.24, 2.45) is 0 Å². The zero-order valence-corrected chi connectivity index (χ0v) is 12.1. The zero-order chi connectivity index (χ0) is 15.2. The Hall–Kier alpha value is -2.37. The standard InChI is InChI=1S/C15H18FN3O2/c1-10-14(11(2)19-18-10)7-8-17-15(20)9-21-13-5-3-12(16)4-6-13/h3-6H,7-9H2,1-2H3,(H,17,20)(H,18,19). The second-order valence-corrected chi connectivity index (χ2v) is 4.76. The topological polar surface area (TPSA) is 67.0 Å². The molecule has 21 heavy (non-hydrogen) atoms. The molecule has 0 saturated heterocycles. The lowest BCUT2D eigenvalue weighted by Gasteiger charge is -2.07. The number of benzene rings is 1. The molecular weight excluding hydrogens is 273 g/mol. The number of aryl methyl sites for hydroxylation is 2. The first-order valence-corrected chi connectivity index (χ1v) is 6.72. The van der Waals surface area contributed by atoms with Crippen molar-refractivity contribution in [2.45, 2.75) is 20.3 Å². The number of nitrogens with one attached hydrogen (secondary N) is 2. The van der Waals surface area contributed by atoms with Crippen LogP contribution in [0.4, 0.5) is 4.39 Å². The second kappa shape index (κ2) is 6.88. The highest BCUT2D eigenvalue weighted by Gasteiger charge is 2.07. The van der Waals surface area contributed by atoms with Crippen LogP contribution in [0.2, 0.25) is 0 Å². The molecule has 5 nitrogen and oxygen atoms in total. The summed E-state index contributed by atoms with van der Waals surface area (Å²) in [5.41, 5.74) is 3.09. The molecule has 1 amide bonds. The van der Waals surface area contributed by atoms with Gasteiger partial charge in [0, 0.05) is 12.2 Å². The monoisotopic (exact) mass is 291 g/mol. The molecule has 0 radical (unpaired) electrons. The highest BCUT2D eigenvalue weighted by molar-refractivity contribution is 5.77. The molecule has 112 valence electrons. The summed E-state index contributed by atoms with van der Waals surface area (Å²) in [4.78, 5) is 11.6. The Bertz CT molecular complexity index is 588. The number of H-pyrrole nitrogens is 1. The minimum Gasteiger partial charge on any atom is -0.484 e. The number of halogens is 1. The summed E-state index contributed by atoms with van der Waals surface area (Å²) in [5, 5.41) is 9.79. The summed E-state index contributed by atoms with van der Waals surface area (Å²) in [7, 11) is 0. The number of ether oxygens (including phenoxy) is 1. The molecule has 0 bridgehead atoms. The van der Waals surface area contributed by atoms with Gasteiger partial charge in [-0.1, -0.05) is 0 Å². The molecule has 1 aromatic heterocycles. The second-order valence-electron chi connectivity index (χ2n) is 4.76. The fraction of sp³-hybridized carbons (Fsp3) is 0.333. The smallest absolute Gasteiger partial charge is 0.257 e. The molecule has 0 unspecified atom stereocenters. The number of hydrogen-bond donors (Lipinski definition) is 2. The molecule has 2 N–H and O–H groups in total. The van der Waals surface area contributed by atoms with Gasteiger partial charge in [-0.3, -0.25) is 9.89 Å². The minimum absolute atomic E-state index is 0.0883. The minimum atomic E-state index is -0.336. The lowest BCUT2D eigenvalue weighted by molar-refractivity contribution is -0.123. The first-order chi connectivity index (χ1) is 10.1. The van der Waals surface area contributed by atoms with E-state index in [4.69, 9.17) is 4.74 Å². The Kier molecular flexibility index (Phi) is 4.92. The Morgan fingerprint density at radius 2 is 2.05 bits per heavy atom. The summed E-state index contributed by atoms with van der Waals surface area (Å²) in [6.07, 6.45) is 0.719. The van der Waals surface area contributed by atoms with E-state index in [2.05, 4.69) is 15.5 Å². The van der Waals surface area contributed by atoms with Crippen LogP contribution in [0.15, 0.2) is 24.3 Å². The highest BCUT2D eigenvalue weighted by Crippen LogP contribution is 2.11. The highest BCUT2D eigenvalue weighted by atomic mass is 19.1. The number of aromatic nitrogens is 2. The van der Waals surface area contributed by atoms with E-state index in [0.717, 1.165) is 23.4 Å². The summed E-state index contributed by atoms with van der Waals surface area (Å²) in [6, 6.07) is 5.55. The van der Waals surface area contributed by atoms with Crippen LogP contribution < -0.4 is 10.1 Å². The molecule has 0 aliphatic heterocycles. The van der Waals surface area contributed by atoms with Crippen molar-refractivity contribution in [2.75, 3.05) is 13.2 Å². The van der Waals surface area contributed by atoms with Crippen LogP contribution in [0.1, 0.15) is 17.0 Å². The van der Waals surface area contributed by atoms with E-state index in [1.165, 1.54) is 24.3 Å². The molecular formula is C15H18FN3O2. The lowest BCUT2D eigenvalue weighted by atomic mass is 10.1. The first kappa shape index (κ1) is 15.0. The van der Waals surface area contributed by atoms with Gasteiger partial charge in [0.1, 0.15) is 11.6 Å². The first-order valence-electron chi connectivity index (χ1n) is 6.72. The fourth-order valence-corrected chi connectivity index (χ4v) is 2.00. The van der Waals surface area contributed by atoms with Crippen molar-refractivity contribution < 1.29 is 13.9 Å². The Balaban J connectivity index is 1.71. The van der Waals surface area contributed by atoms with Gasteiger partial charge in [0.25, 0.3) is 5.91 Å². The predicted octanol–water partition coefficient (Wildman–Crippen LogP) is 1.90. The molecule has 1 heterocycles. The SMILES string of the molecule is Cc1n[nH]c(C)c1CCNC(=O)COc1ccc(F)cc1. The number of rotatable bonds is 6. The van der Waals surface area contributed by atoms with E-state index in [-0.39, 0.29) is 18.3 Å². The maximum atomic E-state index is 12.7. The van der Waals surface area contributed by atoms with Gasteiger partial charge in [-0.2, -0.15) is 5.10 Å². The number of hydrogen-bond acceptors (Lipinski definition) is 3. The summed E-state index contributed by atoms with van der Waals surface area (Å²) >= 11 is 0. The van der Waals surface area contributed by atoms with Crippen LogP contribution in [-0.4, -0.2) is 29.3 Å². The van der Waals surface area contributed by atoms with Crippen LogP contribution in [-0.2, 0) is 11.2 Å². The molecule has 6 heteroatoms. The molecule has 0 aliphatic rings. The largest absolute Gasteiger partial charge is 0.484 e. The number of amides is 1. The van der Waals surface area contributed by atoms with Gasteiger partial charge in [-0.05, 0) is 50.1 Å². The fourth-order valence-electron chi connectivity index (χ4n) is 2.00. The van der Waals surface area contributed by atoms with Crippen molar-refractivity contribution >= 4 is 5.91 Å².